The molecule has 100 valence electrons. The standard InChI is InChI=1S/C16H19NO2/c1-11-7-8-17-16-9-13(5-6-15(11)16)18-10-14-4-3-12(2)19-14/h5-9,12,14H,3-4,10H2,1-2H3/t12-,14-/m0/s1. The van der Waals surface area contributed by atoms with Gasteiger partial charge in [0.25, 0.3) is 0 Å². The minimum absolute atomic E-state index is 0.233. The van der Waals surface area contributed by atoms with E-state index in [4.69, 9.17) is 9.47 Å². The number of pyridine rings is 1. The van der Waals surface area contributed by atoms with Crippen LogP contribution in [-0.2, 0) is 4.74 Å². The molecule has 0 amide bonds. The summed E-state index contributed by atoms with van der Waals surface area (Å²) in [6, 6.07) is 8.11. The number of ether oxygens (including phenoxy) is 2. The number of aromatic nitrogens is 1. The van der Waals surface area contributed by atoms with Gasteiger partial charge in [-0.2, -0.15) is 0 Å². The average molecular weight is 257 g/mol. The third-order valence-electron chi connectivity index (χ3n) is 3.69. The fraction of sp³-hybridized carbons (Fsp3) is 0.438. The van der Waals surface area contributed by atoms with Gasteiger partial charge in [0.1, 0.15) is 12.4 Å². The Bertz CT molecular complexity index is 582. The van der Waals surface area contributed by atoms with Crippen molar-refractivity contribution in [3.63, 3.8) is 0 Å². The number of hydrogen-bond acceptors (Lipinski definition) is 3. The fourth-order valence-corrected chi connectivity index (χ4v) is 2.56. The van der Waals surface area contributed by atoms with Crippen LogP contribution in [0.1, 0.15) is 25.3 Å². The van der Waals surface area contributed by atoms with E-state index in [9.17, 15) is 0 Å². The predicted octanol–water partition coefficient (Wildman–Crippen LogP) is 3.49. The van der Waals surface area contributed by atoms with Crippen molar-refractivity contribution >= 4 is 10.9 Å². The van der Waals surface area contributed by atoms with Crippen LogP contribution in [0.5, 0.6) is 5.75 Å². The molecule has 1 aromatic carbocycles. The second-order valence-corrected chi connectivity index (χ2v) is 5.26. The molecule has 1 aliphatic rings. The lowest BCUT2D eigenvalue weighted by atomic mass is 10.1. The molecule has 3 heteroatoms. The molecule has 0 N–H and O–H groups in total. The zero-order valence-electron chi connectivity index (χ0n) is 11.4. The van der Waals surface area contributed by atoms with Crippen molar-refractivity contribution in [2.24, 2.45) is 0 Å². The summed E-state index contributed by atoms with van der Waals surface area (Å²) in [5, 5.41) is 1.18. The summed E-state index contributed by atoms with van der Waals surface area (Å²) in [7, 11) is 0. The Hall–Kier alpha value is -1.61. The van der Waals surface area contributed by atoms with Crippen molar-refractivity contribution in [1.29, 1.82) is 0 Å². The number of fused-ring (bicyclic) bond motifs is 1. The Morgan fingerprint density at radius 2 is 2.21 bits per heavy atom. The van der Waals surface area contributed by atoms with Gasteiger partial charge in [0.2, 0.25) is 0 Å². The first-order chi connectivity index (χ1) is 9.22. The van der Waals surface area contributed by atoms with Gasteiger partial charge in [-0.3, -0.25) is 4.98 Å². The van der Waals surface area contributed by atoms with Crippen LogP contribution in [0, 0.1) is 6.92 Å². The quantitative estimate of drug-likeness (QED) is 0.843. The van der Waals surface area contributed by atoms with Crippen LogP contribution in [0.25, 0.3) is 10.9 Å². The first-order valence-corrected chi connectivity index (χ1v) is 6.86. The van der Waals surface area contributed by atoms with Crippen molar-refractivity contribution in [1.82, 2.24) is 4.98 Å². The van der Waals surface area contributed by atoms with Gasteiger partial charge in [0.15, 0.2) is 0 Å². The van der Waals surface area contributed by atoms with Crippen molar-refractivity contribution < 1.29 is 9.47 Å². The molecular weight excluding hydrogens is 238 g/mol. The van der Waals surface area contributed by atoms with Gasteiger partial charge in [0, 0.05) is 17.6 Å². The monoisotopic (exact) mass is 257 g/mol. The molecule has 0 saturated carbocycles. The number of hydrogen-bond donors (Lipinski definition) is 0. The Morgan fingerprint density at radius 1 is 1.32 bits per heavy atom. The van der Waals surface area contributed by atoms with Gasteiger partial charge < -0.3 is 9.47 Å². The number of benzene rings is 1. The van der Waals surface area contributed by atoms with E-state index >= 15 is 0 Å². The molecule has 0 aliphatic carbocycles. The first kappa shape index (κ1) is 12.4. The molecule has 3 rings (SSSR count). The van der Waals surface area contributed by atoms with Crippen LogP contribution < -0.4 is 4.74 Å². The zero-order valence-corrected chi connectivity index (χ0v) is 11.4. The molecule has 2 atom stereocenters. The maximum absolute atomic E-state index is 5.82. The second-order valence-electron chi connectivity index (χ2n) is 5.26. The van der Waals surface area contributed by atoms with E-state index < -0.39 is 0 Å². The smallest absolute Gasteiger partial charge is 0.121 e. The summed E-state index contributed by atoms with van der Waals surface area (Å²) in [6.07, 6.45) is 4.66. The molecule has 3 nitrogen and oxygen atoms in total. The molecule has 1 saturated heterocycles. The largest absolute Gasteiger partial charge is 0.491 e. The summed E-state index contributed by atoms with van der Waals surface area (Å²) in [5.74, 6) is 0.869. The highest BCUT2D eigenvalue weighted by Crippen LogP contribution is 2.24. The normalized spacial score (nSPS) is 22.8. The van der Waals surface area contributed by atoms with E-state index in [1.54, 1.807) is 0 Å². The molecule has 2 heterocycles. The summed E-state index contributed by atoms with van der Waals surface area (Å²) in [5.41, 5.74) is 2.22. The third-order valence-corrected chi connectivity index (χ3v) is 3.69. The van der Waals surface area contributed by atoms with Gasteiger partial charge in [-0.05, 0) is 50.5 Å². The number of rotatable bonds is 3. The van der Waals surface area contributed by atoms with Crippen LogP contribution in [-0.4, -0.2) is 23.8 Å². The van der Waals surface area contributed by atoms with Crippen LogP contribution >= 0.6 is 0 Å². The highest BCUT2D eigenvalue weighted by Gasteiger charge is 2.22. The third kappa shape index (κ3) is 2.71. The second kappa shape index (κ2) is 5.17. The van der Waals surface area contributed by atoms with Gasteiger partial charge in [-0.15, -0.1) is 0 Å². The van der Waals surface area contributed by atoms with E-state index in [-0.39, 0.29) is 6.10 Å². The minimum Gasteiger partial charge on any atom is -0.491 e. The Morgan fingerprint density at radius 3 is 3.00 bits per heavy atom. The number of nitrogens with zero attached hydrogens (tertiary/aromatic N) is 1. The minimum atomic E-state index is 0.233. The number of aryl methyl sites for hydroxylation is 1. The molecule has 0 unspecified atom stereocenters. The van der Waals surface area contributed by atoms with Crippen molar-refractivity contribution in [3.8, 4) is 5.75 Å². The van der Waals surface area contributed by atoms with Crippen molar-refractivity contribution in [3.05, 3.63) is 36.0 Å². The van der Waals surface area contributed by atoms with Crippen molar-refractivity contribution in [2.45, 2.75) is 38.9 Å². The average Bonchev–Trinajstić information content (AvgIpc) is 2.82. The topological polar surface area (TPSA) is 31.4 Å². The molecule has 1 aromatic heterocycles. The lowest BCUT2D eigenvalue weighted by Gasteiger charge is -2.13. The van der Waals surface area contributed by atoms with Crippen LogP contribution in [0.2, 0.25) is 0 Å². The van der Waals surface area contributed by atoms with E-state index in [0.717, 1.165) is 24.1 Å². The SMILES string of the molecule is Cc1ccnc2cc(OC[C@@H]3CC[C@H](C)O3)ccc12. The first-order valence-electron chi connectivity index (χ1n) is 6.86. The molecule has 0 radical (unpaired) electrons. The lowest BCUT2D eigenvalue weighted by molar-refractivity contribution is 0.0265. The van der Waals surface area contributed by atoms with E-state index in [2.05, 4.69) is 24.9 Å². The molecule has 2 aromatic rings. The summed E-state index contributed by atoms with van der Waals surface area (Å²) in [6.45, 7) is 4.84. The Labute approximate surface area is 113 Å². The summed E-state index contributed by atoms with van der Waals surface area (Å²) in [4.78, 5) is 4.38. The summed E-state index contributed by atoms with van der Waals surface area (Å²) < 4.78 is 11.6. The van der Waals surface area contributed by atoms with Crippen LogP contribution in [0.4, 0.5) is 0 Å². The predicted molar refractivity (Wildman–Crippen MR) is 75.5 cm³/mol. The van der Waals surface area contributed by atoms with E-state index in [1.165, 1.54) is 10.9 Å². The maximum atomic E-state index is 5.82. The lowest BCUT2D eigenvalue weighted by Crippen LogP contribution is -2.17. The van der Waals surface area contributed by atoms with Gasteiger partial charge >= 0.3 is 0 Å². The van der Waals surface area contributed by atoms with E-state index in [1.807, 2.05) is 24.4 Å². The molecular formula is C16H19NO2. The van der Waals surface area contributed by atoms with Crippen molar-refractivity contribution in [2.75, 3.05) is 6.61 Å². The zero-order chi connectivity index (χ0) is 13.2. The van der Waals surface area contributed by atoms with Crippen LogP contribution in [0.15, 0.2) is 30.5 Å². The Balaban J connectivity index is 1.71. The fourth-order valence-electron chi connectivity index (χ4n) is 2.56. The Kier molecular flexibility index (Phi) is 3.38. The molecule has 19 heavy (non-hydrogen) atoms. The molecule has 0 spiro atoms. The highest BCUT2D eigenvalue weighted by atomic mass is 16.5. The van der Waals surface area contributed by atoms with Gasteiger partial charge in [-0.25, -0.2) is 0 Å². The summed E-state index contributed by atoms with van der Waals surface area (Å²) >= 11 is 0. The van der Waals surface area contributed by atoms with Crippen LogP contribution in [0.3, 0.4) is 0 Å². The molecule has 1 fully saturated rings. The van der Waals surface area contributed by atoms with Gasteiger partial charge in [-0.1, -0.05) is 0 Å². The van der Waals surface area contributed by atoms with E-state index in [0.29, 0.717) is 12.7 Å². The van der Waals surface area contributed by atoms with Gasteiger partial charge in [0.05, 0.1) is 17.7 Å². The highest BCUT2D eigenvalue weighted by molar-refractivity contribution is 5.82. The molecule has 1 aliphatic heterocycles. The molecule has 0 bridgehead atoms. The maximum Gasteiger partial charge on any atom is 0.121 e.